The Hall–Kier alpha value is -1.11. The van der Waals surface area contributed by atoms with E-state index >= 15 is 0 Å². The Labute approximate surface area is 155 Å². The molecule has 1 N–H and O–H groups in total. The highest BCUT2D eigenvalue weighted by Gasteiger charge is 2.21. The van der Waals surface area contributed by atoms with Gasteiger partial charge >= 0.3 is 0 Å². The number of hydrogen-bond acceptors (Lipinski definition) is 3. The second-order valence-electron chi connectivity index (χ2n) is 6.67. The Balaban J connectivity index is 1.82. The van der Waals surface area contributed by atoms with Crippen LogP contribution in [0.25, 0.3) is 0 Å². The van der Waals surface area contributed by atoms with Gasteiger partial charge in [0.1, 0.15) is 0 Å². The highest BCUT2D eigenvalue weighted by molar-refractivity contribution is 7.88. The van der Waals surface area contributed by atoms with Crippen LogP contribution >= 0.6 is 11.6 Å². The molecule has 1 aromatic rings. The summed E-state index contributed by atoms with van der Waals surface area (Å²) in [5.74, 6) is 0.148. The van der Waals surface area contributed by atoms with Crippen molar-refractivity contribution in [3.63, 3.8) is 0 Å². The van der Waals surface area contributed by atoms with E-state index in [0.717, 1.165) is 31.2 Å². The van der Waals surface area contributed by atoms with Crippen LogP contribution in [0.15, 0.2) is 24.3 Å². The molecule has 0 aromatic heterocycles. The lowest BCUT2D eigenvalue weighted by molar-refractivity contribution is -0.125. The van der Waals surface area contributed by atoms with Gasteiger partial charge in [0, 0.05) is 30.6 Å². The zero-order chi connectivity index (χ0) is 18.3. The number of nitrogens with one attached hydrogen (secondary N) is 1. The summed E-state index contributed by atoms with van der Waals surface area (Å²) < 4.78 is 25.4. The molecule has 1 saturated carbocycles. The van der Waals surface area contributed by atoms with Crippen LogP contribution in [-0.4, -0.2) is 44.5 Å². The molecule has 1 amide bonds. The number of amides is 1. The maximum atomic E-state index is 12.2. The standard InChI is InChI=1S/C18H27ClN2O3S/c1-25(23,24)21(12-10-15-6-5-9-17(19)14-15)13-11-20-18(22)16-7-3-2-4-8-16/h5-6,9,14,16H,2-4,7-8,10-13H2,1H3,(H,20,22). The van der Waals surface area contributed by atoms with Crippen molar-refractivity contribution in [1.29, 1.82) is 0 Å². The molecule has 140 valence electrons. The minimum atomic E-state index is -3.32. The number of sulfonamides is 1. The Morgan fingerprint density at radius 3 is 2.60 bits per heavy atom. The molecular weight excluding hydrogens is 360 g/mol. The van der Waals surface area contributed by atoms with Gasteiger partial charge in [-0.2, -0.15) is 0 Å². The van der Waals surface area contributed by atoms with Gasteiger partial charge in [0.05, 0.1) is 6.26 Å². The normalized spacial score (nSPS) is 16.1. The molecule has 0 bridgehead atoms. The molecule has 1 aliphatic rings. The maximum absolute atomic E-state index is 12.2. The van der Waals surface area contributed by atoms with Crippen molar-refractivity contribution in [3.05, 3.63) is 34.9 Å². The first-order valence-corrected chi connectivity index (χ1v) is 11.1. The third kappa shape index (κ3) is 6.96. The van der Waals surface area contributed by atoms with Gasteiger partial charge in [0.2, 0.25) is 15.9 Å². The first kappa shape index (κ1) is 20.2. The maximum Gasteiger partial charge on any atom is 0.223 e. The quantitative estimate of drug-likeness (QED) is 0.747. The van der Waals surface area contributed by atoms with Gasteiger partial charge in [-0.15, -0.1) is 0 Å². The number of benzene rings is 1. The molecule has 1 aromatic carbocycles. The monoisotopic (exact) mass is 386 g/mol. The van der Waals surface area contributed by atoms with Crippen molar-refractivity contribution in [3.8, 4) is 0 Å². The van der Waals surface area contributed by atoms with Crippen molar-refractivity contribution >= 4 is 27.5 Å². The Kier molecular flexibility index (Phi) is 7.72. The molecule has 5 nitrogen and oxygen atoms in total. The van der Waals surface area contributed by atoms with Crippen LogP contribution in [0.1, 0.15) is 37.7 Å². The van der Waals surface area contributed by atoms with Crippen LogP contribution in [-0.2, 0) is 21.2 Å². The number of carbonyl (C=O) groups excluding carboxylic acids is 1. The molecule has 7 heteroatoms. The van der Waals surface area contributed by atoms with E-state index in [-0.39, 0.29) is 18.4 Å². The lowest BCUT2D eigenvalue weighted by atomic mass is 9.89. The summed E-state index contributed by atoms with van der Waals surface area (Å²) in [7, 11) is -3.32. The van der Waals surface area contributed by atoms with Gasteiger partial charge in [-0.05, 0) is 37.0 Å². The van der Waals surface area contributed by atoms with E-state index in [1.165, 1.54) is 17.0 Å². The van der Waals surface area contributed by atoms with Crippen LogP contribution in [0, 0.1) is 5.92 Å². The van der Waals surface area contributed by atoms with Crippen molar-refractivity contribution in [2.75, 3.05) is 25.9 Å². The minimum Gasteiger partial charge on any atom is -0.355 e. The summed E-state index contributed by atoms with van der Waals surface area (Å²) in [5, 5.41) is 3.54. The number of rotatable bonds is 8. The smallest absolute Gasteiger partial charge is 0.223 e. The van der Waals surface area contributed by atoms with Gasteiger partial charge in [-0.3, -0.25) is 4.79 Å². The van der Waals surface area contributed by atoms with Crippen LogP contribution in [0.4, 0.5) is 0 Å². The second kappa shape index (κ2) is 9.55. The number of carbonyl (C=O) groups is 1. The van der Waals surface area contributed by atoms with Crippen molar-refractivity contribution in [1.82, 2.24) is 9.62 Å². The van der Waals surface area contributed by atoms with E-state index < -0.39 is 10.0 Å². The molecule has 0 saturated heterocycles. The van der Waals surface area contributed by atoms with E-state index in [4.69, 9.17) is 11.6 Å². The number of halogens is 1. The van der Waals surface area contributed by atoms with Crippen LogP contribution < -0.4 is 5.32 Å². The molecule has 0 aliphatic heterocycles. The molecule has 25 heavy (non-hydrogen) atoms. The van der Waals surface area contributed by atoms with Crippen molar-refractivity contribution in [2.24, 2.45) is 5.92 Å². The van der Waals surface area contributed by atoms with Gasteiger partial charge in [-0.1, -0.05) is 43.0 Å². The fraction of sp³-hybridized carbons (Fsp3) is 0.611. The predicted molar refractivity (Wildman–Crippen MR) is 101 cm³/mol. The molecule has 0 atom stereocenters. The summed E-state index contributed by atoms with van der Waals surface area (Å²) in [6.45, 7) is 1.01. The van der Waals surface area contributed by atoms with Crippen LogP contribution in [0.5, 0.6) is 0 Å². The van der Waals surface area contributed by atoms with E-state index in [2.05, 4.69) is 5.32 Å². The number of nitrogens with zero attached hydrogens (tertiary/aromatic N) is 1. The molecule has 0 heterocycles. The molecule has 0 unspecified atom stereocenters. The topological polar surface area (TPSA) is 66.5 Å². The van der Waals surface area contributed by atoms with E-state index in [1.807, 2.05) is 18.2 Å². The van der Waals surface area contributed by atoms with Crippen molar-refractivity contribution in [2.45, 2.75) is 38.5 Å². The Morgan fingerprint density at radius 1 is 1.24 bits per heavy atom. The summed E-state index contributed by atoms with van der Waals surface area (Å²) in [5.41, 5.74) is 0.993. The molecular formula is C18H27ClN2O3S. The van der Waals surface area contributed by atoms with Gasteiger partial charge in [0.25, 0.3) is 0 Å². The highest BCUT2D eigenvalue weighted by Crippen LogP contribution is 2.23. The molecule has 1 aliphatic carbocycles. The Bertz CT molecular complexity index is 673. The average Bonchev–Trinajstić information content (AvgIpc) is 2.57. The second-order valence-corrected chi connectivity index (χ2v) is 9.09. The molecule has 0 radical (unpaired) electrons. The molecule has 0 spiro atoms. The van der Waals surface area contributed by atoms with Crippen LogP contribution in [0.3, 0.4) is 0 Å². The van der Waals surface area contributed by atoms with E-state index in [9.17, 15) is 13.2 Å². The molecule has 1 fully saturated rings. The summed E-state index contributed by atoms with van der Waals surface area (Å²) in [4.78, 5) is 12.2. The van der Waals surface area contributed by atoms with E-state index in [1.54, 1.807) is 6.07 Å². The lowest BCUT2D eigenvalue weighted by Gasteiger charge is -2.23. The fourth-order valence-electron chi connectivity index (χ4n) is 3.20. The Morgan fingerprint density at radius 2 is 1.96 bits per heavy atom. The zero-order valence-corrected chi connectivity index (χ0v) is 16.3. The minimum absolute atomic E-state index is 0.0583. The summed E-state index contributed by atoms with van der Waals surface area (Å²) in [6.07, 6.45) is 7.08. The predicted octanol–water partition coefficient (Wildman–Crippen LogP) is 2.84. The highest BCUT2D eigenvalue weighted by atomic mass is 35.5. The molecule has 2 rings (SSSR count). The fourth-order valence-corrected chi connectivity index (χ4v) is 4.26. The lowest BCUT2D eigenvalue weighted by Crippen LogP contribution is -2.41. The van der Waals surface area contributed by atoms with Gasteiger partial charge in [0.15, 0.2) is 0 Å². The van der Waals surface area contributed by atoms with Crippen LogP contribution in [0.2, 0.25) is 5.02 Å². The van der Waals surface area contributed by atoms with Gasteiger partial charge < -0.3 is 5.32 Å². The SMILES string of the molecule is CS(=O)(=O)N(CCNC(=O)C1CCCCC1)CCc1cccc(Cl)c1. The third-order valence-corrected chi connectivity index (χ3v) is 6.18. The largest absolute Gasteiger partial charge is 0.355 e. The van der Waals surface area contributed by atoms with Gasteiger partial charge in [-0.25, -0.2) is 12.7 Å². The van der Waals surface area contributed by atoms with E-state index in [0.29, 0.717) is 24.5 Å². The summed E-state index contributed by atoms with van der Waals surface area (Å²) >= 11 is 5.96. The van der Waals surface area contributed by atoms with Crippen molar-refractivity contribution < 1.29 is 13.2 Å². The average molecular weight is 387 g/mol. The zero-order valence-electron chi connectivity index (χ0n) is 14.7. The first-order chi connectivity index (χ1) is 11.9. The first-order valence-electron chi connectivity index (χ1n) is 8.83. The third-order valence-electron chi connectivity index (χ3n) is 4.64. The number of hydrogen-bond donors (Lipinski definition) is 1. The summed E-state index contributed by atoms with van der Waals surface area (Å²) in [6, 6.07) is 7.41.